The summed E-state index contributed by atoms with van der Waals surface area (Å²) in [4.78, 5) is 2.49. The summed E-state index contributed by atoms with van der Waals surface area (Å²) < 4.78 is 5.53. The van der Waals surface area contributed by atoms with Gasteiger partial charge in [0.05, 0.1) is 13.2 Å². The second-order valence-corrected chi connectivity index (χ2v) is 4.72. The van der Waals surface area contributed by atoms with E-state index in [-0.39, 0.29) is 0 Å². The molecular weight excluding hydrogens is 176 g/mol. The van der Waals surface area contributed by atoms with Crippen molar-refractivity contribution in [2.45, 2.75) is 26.8 Å². The highest BCUT2D eigenvalue weighted by atomic mass is 16.5. The lowest BCUT2D eigenvalue weighted by Gasteiger charge is -2.33. The summed E-state index contributed by atoms with van der Waals surface area (Å²) in [5.41, 5.74) is 5.82. The molecule has 0 aliphatic carbocycles. The summed E-state index contributed by atoms with van der Waals surface area (Å²) in [7, 11) is 0. The second-order valence-electron chi connectivity index (χ2n) is 4.72. The van der Waals surface area contributed by atoms with E-state index in [9.17, 15) is 0 Å². The van der Waals surface area contributed by atoms with E-state index < -0.39 is 0 Å². The van der Waals surface area contributed by atoms with E-state index in [0.717, 1.165) is 32.8 Å². The van der Waals surface area contributed by atoms with Crippen LogP contribution < -0.4 is 5.73 Å². The van der Waals surface area contributed by atoms with E-state index in [4.69, 9.17) is 10.5 Å². The van der Waals surface area contributed by atoms with Gasteiger partial charge in [-0.1, -0.05) is 20.8 Å². The van der Waals surface area contributed by atoms with Crippen molar-refractivity contribution >= 4 is 0 Å². The fourth-order valence-corrected chi connectivity index (χ4v) is 2.15. The maximum Gasteiger partial charge on any atom is 0.0593 e. The normalized spacial score (nSPS) is 27.6. The number of nitrogens with zero attached hydrogens (tertiary/aromatic N) is 1. The molecule has 2 N–H and O–H groups in total. The van der Waals surface area contributed by atoms with E-state index in [1.165, 1.54) is 0 Å². The van der Waals surface area contributed by atoms with Crippen molar-refractivity contribution in [2.24, 2.45) is 17.6 Å². The van der Waals surface area contributed by atoms with Gasteiger partial charge < -0.3 is 10.5 Å². The molecule has 3 nitrogen and oxygen atoms in total. The van der Waals surface area contributed by atoms with Crippen LogP contribution in [-0.2, 0) is 4.74 Å². The highest BCUT2D eigenvalue weighted by molar-refractivity contribution is 4.78. The van der Waals surface area contributed by atoms with Gasteiger partial charge in [-0.3, -0.25) is 4.90 Å². The number of hydrogen-bond acceptors (Lipinski definition) is 3. The minimum Gasteiger partial charge on any atom is -0.380 e. The zero-order chi connectivity index (χ0) is 10.6. The van der Waals surface area contributed by atoms with Crippen molar-refractivity contribution in [3.8, 4) is 0 Å². The Hall–Kier alpha value is -0.120. The zero-order valence-electron chi connectivity index (χ0n) is 9.70. The molecule has 1 aliphatic heterocycles. The van der Waals surface area contributed by atoms with Crippen LogP contribution in [0, 0.1) is 11.8 Å². The fraction of sp³-hybridized carbons (Fsp3) is 1.00. The first-order valence-electron chi connectivity index (χ1n) is 5.67. The monoisotopic (exact) mass is 200 g/mol. The summed E-state index contributed by atoms with van der Waals surface area (Å²) in [6.07, 6.45) is 0. The van der Waals surface area contributed by atoms with E-state index in [1.54, 1.807) is 0 Å². The maximum atomic E-state index is 5.82. The molecule has 0 radical (unpaired) electrons. The molecule has 0 saturated carbocycles. The van der Waals surface area contributed by atoms with E-state index in [2.05, 4.69) is 25.7 Å². The van der Waals surface area contributed by atoms with Crippen LogP contribution in [0.15, 0.2) is 0 Å². The Morgan fingerprint density at radius 1 is 1.50 bits per heavy atom. The second kappa shape index (κ2) is 5.69. The van der Waals surface area contributed by atoms with Crippen LogP contribution in [0.25, 0.3) is 0 Å². The predicted octanol–water partition coefficient (Wildman–Crippen LogP) is 0.938. The average molecular weight is 200 g/mol. The minimum atomic E-state index is 0.513. The first-order valence-corrected chi connectivity index (χ1v) is 5.67. The summed E-state index contributed by atoms with van der Waals surface area (Å²) in [6.45, 7) is 11.4. The Balaban J connectivity index is 2.54. The van der Waals surface area contributed by atoms with Crippen LogP contribution in [0.3, 0.4) is 0 Å². The maximum absolute atomic E-state index is 5.82. The molecule has 0 spiro atoms. The highest BCUT2D eigenvalue weighted by Gasteiger charge is 2.23. The van der Waals surface area contributed by atoms with Gasteiger partial charge >= 0.3 is 0 Å². The van der Waals surface area contributed by atoms with Gasteiger partial charge in [-0.05, 0) is 11.8 Å². The van der Waals surface area contributed by atoms with Gasteiger partial charge in [0.15, 0.2) is 0 Å². The molecule has 0 bridgehead atoms. The molecule has 14 heavy (non-hydrogen) atoms. The molecule has 2 atom stereocenters. The molecule has 0 aromatic rings. The van der Waals surface area contributed by atoms with Crippen molar-refractivity contribution in [1.82, 2.24) is 4.90 Å². The first kappa shape index (κ1) is 12.0. The molecule has 3 heteroatoms. The van der Waals surface area contributed by atoms with Crippen LogP contribution in [0.2, 0.25) is 0 Å². The quantitative estimate of drug-likeness (QED) is 0.737. The third-order valence-corrected chi connectivity index (χ3v) is 2.95. The van der Waals surface area contributed by atoms with Crippen LogP contribution in [0.4, 0.5) is 0 Å². The number of ether oxygens (including phenoxy) is 1. The van der Waals surface area contributed by atoms with Crippen molar-refractivity contribution in [2.75, 3.05) is 32.8 Å². The summed E-state index contributed by atoms with van der Waals surface area (Å²) in [5.74, 6) is 1.26. The van der Waals surface area contributed by atoms with Gasteiger partial charge in [-0.25, -0.2) is 0 Å². The van der Waals surface area contributed by atoms with Crippen molar-refractivity contribution in [1.29, 1.82) is 0 Å². The summed E-state index contributed by atoms with van der Waals surface area (Å²) >= 11 is 0. The SMILES string of the molecule is CC1COCCN(C(CN)C(C)C)C1. The Morgan fingerprint density at radius 2 is 2.21 bits per heavy atom. The summed E-state index contributed by atoms with van der Waals surface area (Å²) in [6, 6.07) is 0.513. The lowest BCUT2D eigenvalue weighted by Crippen LogP contribution is -2.46. The highest BCUT2D eigenvalue weighted by Crippen LogP contribution is 2.14. The van der Waals surface area contributed by atoms with Crippen molar-refractivity contribution in [3.63, 3.8) is 0 Å². The third-order valence-electron chi connectivity index (χ3n) is 2.95. The third kappa shape index (κ3) is 3.23. The molecule has 2 unspecified atom stereocenters. The van der Waals surface area contributed by atoms with E-state index in [0.29, 0.717) is 17.9 Å². The van der Waals surface area contributed by atoms with Crippen LogP contribution in [0.1, 0.15) is 20.8 Å². The number of rotatable bonds is 3. The van der Waals surface area contributed by atoms with Gasteiger partial charge in [0.1, 0.15) is 0 Å². The Kier molecular flexibility index (Phi) is 4.85. The summed E-state index contributed by atoms with van der Waals surface area (Å²) in [5, 5.41) is 0. The Labute approximate surface area is 87.6 Å². The van der Waals surface area contributed by atoms with Crippen LogP contribution >= 0.6 is 0 Å². The predicted molar refractivity (Wildman–Crippen MR) is 59.2 cm³/mol. The Morgan fingerprint density at radius 3 is 2.79 bits per heavy atom. The lowest BCUT2D eigenvalue weighted by atomic mass is 10.0. The van der Waals surface area contributed by atoms with Gasteiger partial charge in [0, 0.05) is 25.7 Å². The number of nitrogens with two attached hydrogens (primary N) is 1. The molecule has 0 aromatic heterocycles. The molecule has 1 heterocycles. The topological polar surface area (TPSA) is 38.5 Å². The van der Waals surface area contributed by atoms with Crippen molar-refractivity contribution in [3.05, 3.63) is 0 Å². The Bertz CT molecular complexity index is 161. The standard InChI is InChI=1S/C11H24N2O/c1-9(2)11(6-12)13-4-5-14-8-10(3)7-13/h9-11H,4-8,12H2,1-3H3. The molecule has 1 aliphatic rings. The lowest BCUT2D eigenvalue weighted by molar-refractivity contribution is 0.118. The molecule has 0 amide bonds. The molecule has 1 rings (SSSR count). The average Bonchev–Trinajstić information content (AvgIpc) is 2.31. The van der Waals surface area contributed by atoms with Gasteiger partial charge in [0.2, 0.25) is 0 Å². The smallest absolute Gasteiger partial charge is 0.0593 e. The molecule has 1 saturated heterocycles. The van der Waals surface area contributed by atoms with E-state index in [1.807, 2.05) is 0 Å². The zero-order valence-corrected chi connectivity index (χ0v) is 9.70. The fourth-order valence-electron chi connectivity index (χ4n) is 2.15. The van der Waals surface area contributed by atoms with Gasteiger partial charge in [-0.15, -0.1) is 0 Å². The molecular formula is C11H24N2O. The minimum absolute atomic E-state index is 0.513. The van der Waals surface area contributed by atoms with Crippen LogP contribution in [-0.4, -0.2) is 43.8 Å². The van der Waals surface area contributed by atoms with Crippen LogP contribution in [0.5, 0.6) is 0 Å². The molecule has 0 aromatic carbocycles. The first-order chi connectivity index (χ1) is 6.65. The largest absolute Gasteiger partial charge is 0.380 e. The molecule has 1 fully saturated rings. The van der Waals surface area contributed by atoms with Gasteiger partial charge in [0.25, 0.3) is 0 Å². The van der Waals surface area contributed by atoms with Crippen molar-refractivity contribution < 1.29 is 4.74 Å². The van der Waals surface area contributed by atoms with E-state index >= 15 is 0 Å². The molecule has 84 valence electrons. The van der Waals surface area contributed by atoms with Gasteiger partial charge in [-0.2, -0.15) is 0 Å². The number of hydrogen-bond donors (Lipinski definition) is 1.